The summed E-state index contributed by atoms with van der Waals surface area (Å²) in [6.45, 7) is 2.97. The van der Waals surface area contributed by atoms with Gasteiger partial charge >= 0.3 is 0 Å². The van der Waals surface area contributed by atoms with Crippen LogP contribution in [0.5, 0.6) is 0 Å². The molecule has 2 aromatic rings. The normalized spacial score (nSPS) is 16.0. The summed E-state index contributed by atoms with van der Waals surface area (Å²) in [5.41, 5.74) is 8.74. The van der Waals surface area contributed by atoms with Gasteiger partial charge < -0.3 is 11.1 Å². The van der Waals surface area contributed by atoms with Crippen LogP contribution in [0.1, 0.15) is 35.6 Å². The van der Waals surface area contributed by atoms with Crippen LogP contribution < -0.4 is 11.1 Å². The van der Waals surface area contributed by atoms with E-state index in [1.807, 2.05) is 36.4 Å². The Balaban J connectivity index is 1.69. The molecule has 0 radical (unpaired) electrons. The van der Waals surface area contributed by atoms with Gasteiger partial charge in [0.15, 0.2) is 0 Å². The van der Waals surface area contributed by atoms with E-state index >= 15 is 0 Å². The van der Waals surface area contributed by atoms with Gasteiger partial charge in [0, 0.05) is 25.5 Å². The minimum Gasteiger partial charge on any atom is -0.350 e. The van der Waals surface area contributed by atoms with Crippen LogP contribution in [0.2, 0.25) is 0 Å². The molecule has 1 atom stereocenters. The fraction of sp³-hybridized carbons (Fsp3) is 0.368. The Bertz CT molecular complexity index is 651. The molecule has 0 spiro atoms. The Kier molecular flexibility index (Phi) is 5.56. The van der Waals surface area contributed by atoms with Crippen LogP contribution in [-0.2, 0) is 17.9 Å². The number of aromatic nitrogens is 1. The van der Waals surface area contributed by atoms with Crippen molar-refractivity contribution >= 4 is 5.91 Å². The Morgan fingerprint density at radius 1 is 1.17 bits per heavy atom. The predicted molar refractivity (Wildman–Crippen MR) is 94.0 cm³/mol. The van der Waals surface area contributed by atoms with Gasteiger partial charge in [-0.15, -0.1) is 0 Å². The lowest BCUT2D eigenvalue weighted by molar-refractivity contribution is -0.126. The van der Waals surface area contributed by atoms with Gasteiger partial charge in [-0.3, -0.25) is 14.7 Å². The number of nitrogens with zero attached hydrogens (tertiary/aromatic N) is 2. The zero-order chi connectivity index (χ0) is 16.8. The largest absolute Gasteiger partial charge is 0.350 e. The summed E-state index contributed by atoms with van der Waals surface area (Å²) >= 11 is 0. The van der Waals surface area contributed by atoms with Crippen LogP contribution in [-0.4, -0.2) is 28.9 Å². The van der Waals surface area contributed by atoms with Gasteiger partial charge in [-0.2, -0.15) is 0 Å². The Morgan fingerprint density at radius 3 is 2.50 bits per heavy atom. The molecule has 1 saturated heterocycles. The SMILES string of the molecule is NCc1ccc(CNC(=O)[C@@H](c2cccnc2)N2CCCC2)cc1. The van der Waals surface area contributed by atoms with Gasteiger partial charge in [-0.25, -0.2) is 0 Å². The summed E-state index contributed by atoms with van der Waals surface area (Å²) in [6.07, 6.45) is 5.81. The fourth-order valence-electron chi connectivity index (χ4n) is 3.14. The first-order valence-electron chi connectivity index (χ1n) is 8.47. The lowest BCUT2D eigenvalue weighted by atomic mass is 10.1. The highest BCUT2D eigenvalue weighted by molar-refractivity contribution is 5.83. The van der Waals surface area contributed by atoms with Crippen molar-refractivity contribution in [3.63, 3.8) is 0 Å². The first kappa shape index (κ1) is 16.6. The fourth-order valence-corrected chi connectivity index (χ4v) is 3.14. The van der Waals surface area contributed by atoms with Crippen LogP contribution in [0.3, 0.4) is 0 Å². The second-order valence-electron chi connectivity index (χ2n) is 6.17. The van der Waals surface area contributed by atoms with E-state index in [4.69, 9.17) is 5.73 Å². The highest BCUT2D eigenvalue weighted by Crippen LogP contribution is 2.24. The smallest absolute Gasteiger partial charge is 0.242 e. The van der Waals surface area contributed by atoms with Gasteiger partial charge in [-0.05, 0) is 48.7 Å². The number of benzene rings is 1. The minimum absolute atomic E-state index is 0.0350. The summed E-state index contributed by atoms with van der Waals surface area (Å²) in [6, 6.07) is 11.6. The molecule has 0 bridgehead atoms. The number of hydrogen-bond donors (Lipinski definition) is 2. The quantitative estimate of drug-likeness (QED) is 0.852. The highest BCUT2D eigenvalue weighted by atomic mass is 16.2. The van der Waals surface area contributed by atoms with Crippen molar-refractivity contribution in [2.24, 2.45) is 5.73 Å². The Labute approximate surface area is 142 Å². The maximum atomic E-state index is 12.8. The van der Waals surface area contributed by atoms with E-state index in [1.165, 1.54) is 0 Å². The van der Waals surface area contributed by atoms with Crippen LogP contribution in [0.15, 0.2) is 48.8 Å². The van der Waals surface area contributed by atoms with Crippen molar-refractivity contribution in [3.8, 4) is 0 Å². The Morgan fingerprint density at radius 2 is 1.88 bits per heavy atom. The number of nitrogens with one attached hydrogen (secondary N) is 1. The number of nitrogens with two attached hydrogens (primary N) is 1. The number of amides is 1. The summed E-state index contributed by atoms with van der Waals surface area (Å²) in [7, 11) is 0. The van der Waals surface area contributed by atoms with Crippen LogP contribution in [0, 0.1) is 0 Å². The zero-order valence-electron chi connectivity index (χ0n) is 13.8. The predicted octanol–water partition coefficient (Wildman–Crippen LogP) is 1.99. The maximum absolute atomic E-state index is 12.8. The monoisotopic (exact) mass is 324 g/mol. The second-order valence-corrected chi connectivity index (χ2v) is 6.17. The molecule has 24 heavy (non-hydrogen) atoms. The van der Waals surface area contributed by atoms with E-state index in [1.54, 1.807) is 12.4 Å². The molecule has 1 amide bonds. The van der Waals surface area contributed by atoms with Crippen molar-refractivity contribution < 1.29 is 4.79 Å². The number of hydrogen-bond acceptors (Lipinski definition) is 4. The first-order valence-corrected chi connectivity index (χ1v) is 8.47. The number of rotatable bonds is 6. The lowest BCUT2D eigenvalue weighted by Gasteiger charge is -2.26. The first-order chi connectivity index (χ1) is 11.8. The molecule has 0 saturated carbocycles. The van der Waals surface area contributed by atoms with Crippen LogP contribution in [0.25, 0.3) is 0 Å². The van der Waals surface area contributed by atoms with E-state index < -0.39 is 0 Å². The van der Waals surface area contributed by atoms with Crippen molar-refractivity contribution in [3.05, 3.63) is 65.5 Å². The van der Waals surface area contributed by atoms with Crippen molar-refractivity contribution in [1.82, 2.24) is 15.2 Å². The molecule has 126 valence electrons. The molecular formula is C19H24N4O. The number of pyridine rings is 1. The van der Waals surface area contributed by atoms with Gasteiger partial charge in [0.1, 0.15) is 6.04 Å². The molecule has 3 N–H and O–H groups in total. The van der Waals surface area contributed by atoms with E-state index in [9.17, 15) is 4.79 Å². The maximum Gasteiger partial charge on any atom is 0.242 e. The van der Waals surface area contributed by atoms with Crippen LogP contribution in [0.4, 0.5) is 0 Å². The number of likely N-dealkylation sites (tertiary alicyclic amines) is 1. The second kappa shape index (κ2) is 8.04. The van der Waals surface area contributed by atoms with Gasteiger partial charge in [0.25, 0.3) is 0 Å². The van der Waals surface area contributed by atoms with Gasteiger partial charge in [0.05, 0.1) is 0 Å². The van der Waals surface area contributed by atoms with E-state index in [-0.39, 0.29) is 11.9 Å². The highest BCUT2D eigenvalue weighted by Gasteiger charge is 2.29. The molecule has 1 aliphatic rings. The average molecular weight is 324 g/mol. The summed E-state index contributed by atoms with van der Waals surface area (Å²) < 4.78 is 0. The molecule has 2 heterocycles. The van der Waals surface area contributed by atoms with E-state index in [0.29, 0.717) is 13.1 Å². The van der Waals surface area contributed by atoms with Crippen LogP contribution >= 0.6 is 0 Å². The van der Waals surface area contributed by atoms with E-state index in [2.05, 4.69) is 15.2 Å². The van der Waals surface area contributed by atoms with Gasteiger partial charge in [0.2, 0.25) is 5.91 Å². The molecule has 0 unspecified atom stereocenters. The third-order valence-corrected chi connectivity index (χ3v) is 4.48. The number of carbonyl (C=O) groups excluding carboxylic acids is 1. The third-order valence-electron chi connectivity index (χ3n) is 4.48. The average Bonchev–Trinajstić information content (AvgIpc) is 3.15. The molecule has 1 aliphatic heterocycles. The summed E-state index contributed by atoms with van der Waals surface area (Å²) in [5.74, 6) is 0.0350. The lowest BCUT2D eigenvalue weighted by Crippen LogP contribution is -2.39. The zero-order valence-corrected chi connectivity index (χ0v) is 13.8. The summed E-state index contributed by atoms with van der Waals surface area (Å²) in [5, 5.41) is 3.07. The van der Waals surface area contributed by atoms with E-state index in [0.717, 1.165) is 42.6 Å². The Hall–Kier alpha value is -2.24. The number of carbonyl (C=O) groups is 1. The molecule has 5 heteroatoms. The molecule has 3 rings (SSSR count). The van der Waals surface area contributed by atoms with Gasteiger partial charge in [-0.1, -0.05) is 30.3 Å². The topological polar surface area (TPSA) is 71.2 Å². The molecule has 1 aromatic heterocycles. The molecule has 5 nitrogen and oxygen atoms in total. The van der Waals surface area contributed by atoms with Crippen molar-refractivity contribution in [2.75, 3.05) is 13.1 Å². The molecule has 0 aliphatic carbocycles. The van der Waals surface area contributed by atoms with Crippen molar-refractivity contribution in [2.45, 2.75) is 32.0 Å². The summed E-state index contributed by atoms with van der Waals surface area (Å²) in [4.78, 5) is 19.2. The standard InChI is InChI=1S/C19H24N4O/c20-12-15-5-7-16(8-6-15)13-22-19(24)18(23-10-1-2-11-23)17-4-3-9-21-14-17/h3-9,14,18H,1-2,10-13,20H2,(H,22,24)/t18-/m1/s1. The minimum atomic E-state index is -0.260. The van der Waals surface area contributed by atoms with Crippen molar-refractivity contribution in [1.29, 1.82) is 0 Å². The third kappa shape index (κ3) is 3.99. The molecule has 1 aromatic carbocycles. The molecular weight excluding hydrogens is 300 g/mol. The molecule has 1 fully saturated rings.